The maximum atomic E-state index is 12.7. The molecule has 2 aromatic carbocycles. The molecule has 1 fully saturated rings. The SMILES string of the molecule is CN1CCN(C(=O)Oc2ccc([N+](=O)[O-])cc2)C(c2ccc([N+](=O)[O-])cc2)C1. The van der Waals surface area contributed by atoms with Gasteiger partial charge in [-0.15, -0.1) is 0 Å². The fourth-order valence-electron chi connectivity index (χ4n) is 3.04. The second-order valence-electron chi connectivity index (χ2n) is 6.44. The summed E-state index contributed by atoms with van der Waals surface area (Å²) in [6.07, 6.45) is -0.578. The Balaban J connectivity index is 1.78. The number of benzene rings is 2. The van der Waals surface area contributed by atoms with E-state index in [-0.39, 0.29) is 23.2 Å². The van der Waals surface area contributed by atoms with Gasteiger partial charge in [0.05, 0.1) is 15.9 Å². The van der Waals surface area contributed by atoms with Crippen molar-refractivity contribution in [2.75, 3.05) is 26.7 Å². The fourth-order valence-corrected chi connectivity index (χ4v) is 3.04. The summed E-state index contributed by atoms with van der Waals surface area (Å²) in [5, 5.41) is 21.6. The van der Waals surface area contributed by atoms with Gasteiger partial charge >= 0.3 is 6.09 Å². The molecular formula is C18H18N4O6. The van der Waals surface area contributed by atoms with Gasteiger partial charge in [0, 0.05) is 43.9 Å². The molecule has 0 bridgehead atoms. The number of piperazine rings is 1. The van der Waals surface area contributed by atoms with Crippen LogP contribution >= 0.6 is 0 Å². The summed E-state index contributed by atoms with van der Waals surface area (Å²) >= 11 is 0. The summed E-state index contributed by atoms with van der Waals surface area (Å²) in [6, 6.07) is 11.0. The molecule has 0 N–H and O–H groups in total. The minimum atomic E-state index is -0.578. The highest BCUT2D eigenvalue weighted by Gasteiger charge is 2.32. The number of nitro benzene ring substituents is 2. The minimum Gasteiger partial charge on any atom is -0.410 e. The van der Waals surface area contributed by atoms with E-state index in [2.05, 4.69) is 4.90 Å². The van der Waals surface area contributed by atoms with Crippen LogP contribution in [0.2, 0.25) is 0 Å². The predicted molar refractivity (Wildman–Crippen MR) is 99.2 cm³/mol. The van der Waals surface area contributed by atoms with Crippen LogP contribution < -0.4 is 4.74 Å². The van der Waals surface area contributed by atoms with Gasteiger partial charge < -0.3 is 9.64 Å². The molecule has 146 valence electrons. The Morgan fingerprint density at radius 2 is 1.50 bits per heavy atom. The summed E-state index contributed by atoms with van der Waals surface area (Å²) in [5.74, 6) is 0.206. The van der Waals surface area contributed by atoms with Crippen LogP contribution in [0, 0.1) is 20.2 Å². The van der Waals surface area contributed by atoms with Gasteiger partial charge in [-0.1, -0.05) is 12.1 Å². The van der Waals surface area contributed by atoms with Crippen LogP contribution in [-0.2, 0) is 0 Å². The highest BCUT2D eigenvalue weighted by atomic mass is 16.6. The molecule has 1 saturated heterocycles. The van der Waals surface area contributed by atoms with Gasteiger partial charge in [0.2, 0.25) is 0 Å². The second-order valence-corrected chi connectivity index (χ2v) is 6.44. The number of rotatable bonds is 4. The second kappa shape index (κ2) is 8.01. The van der Waals surface area contributed by atoms with Crippen LogP contribution in [0.4, 0.5) is 16.2 Å². The van der Waals surface area contributed by atoms with Gasteiger partial charge in [0.25, 0.3) is 11.4 Å². The van der Waals surface area contributed by atoms with Gasteiger partial charge in [0.15, 0.2) is 0 Å². The lowest BCUT2D eigenvalue weighted by Crippen LogP contribution is -2.50. The number of carbonyl (C=O) groups excluding carboxylic acids is 1. The number of hydrogen-bond donors (Lipinski definition) is 0. The Bertz CT molecular complexity index is 884. The predicted octanol–water partition coefficient (Wildman–Crippen LogP) is 2.99. The fraction of sp³-hybridized carbons (Fsp3) is 0.278. The van der Waals surface area contributed by atoms with Crippen LogP contribution in [0.25, 0.3) is 0 Å². The lowest BCUT2D eigenvalue weighted by atomic mass is 10.0. The molecule has 10 nitrogen and oxygen atoms in total. The van der Waals surface area contributed by atoms with Gasteiger partial charge in [-0.2, -0.15) is 0 Å². The molecule has 0 radical (unpaired) electrons. The molecule has 0 spiro atoms. The maximum Gasteiger partial charge on any atom is 0.415 e. The van der Waals surface area contributed by atoms with Crippen LogP contribution in [-0.4, -0.2) is 52.4 Å². The molecule has 28 heavy (non-hydrogen) atoms. The van der Waals surface area contributed by atoms with Gasteiger partial charge in [-0.25, -0.2) is 4.79 Å². The van der Waals surface area contributed by atoms with Crippen molar-refractivity contribution in [3.05, 3.63) is 74.3 Å². The Hall–Kier alpha value is -3.53. The van der Waals surface area contributed by atoms with E-state index >= 15 is 0 Å². The van der Waals surface area contributed by atoms with Crippen LogP contribution in [0.1, 0.15) is 11.6 Å². The molecule has 1 atom stereocenters. The third-order valence-electron chi connectivity index (χ3n) is 4.56. The smallest absolute Gasteiger partial charge is 0.410 e. The number of nitro groups is 2. The Morgan fingerprint density at radius 3 is 2.04 bits per heavy atom. The molecule has 1 amide bonds. The summed E-state index contributed by atoms with van der Waals surface area (Å²) in [4.78, 5) is 36.9. The zero-order chi connectivity index (χ0) is 20.3. The first kappa shape index (κ1) is 19.2. The molecule has 1 unspecified atom stereocenters. The lowest BCUT2D eigenvalue weighted by molar-refractivity contribution is -0.385. The molecular weight excluding hydrogens is 368 g/mol. The van der Waals surface area contributed by atoms with E-state index in [1.807, 2.05) is 7.05 Å². The van der Waals surface area contributed by atoms with E-state index in [0.29, 0.717) is 19.6 Å². The Morgan fingerprint density at radius 1 is 0.964 bits per heavy atom. The highest BCUT2D eigenvalue weighted by Crippen LogP contribution is 2.28. The largest absolute Gasteiger partial charge is 0.415 e. The third kappa shape index (κ3) is 4.23. The molecule has 1 heterocycles. The molecule has 10 heteroatoms. The van der Waals surface area contributed by atoms with E-state index in [9.17, 15) is 25.0 Å². The summed E-state index contributed by atoms with van der Waals surface area (Å²) in [7, 11) is 1.93. The van der Waals surface area contributed by atoms with Crippen molar-refractivity contribution in [1.29, 1.82) is 0 Å². The first-order chi connectivity index (χ1) is 13.3. The summed E-state index contributed by atoms with van der Waals surface area (Å²) in [6.45, 7) is 1.62. The maximum absolute atomic E-state index is 12.7. The highest BCUT2D eigenvalue weighted by molar-refractivity contribution is 5.71. The van der Waals surface area contributed by atoms with Crippen LogP contribution in [0.3, 0.4) is 0 Å². The summed E-state index contributed by atoms with van der Waals surface area (Å²) in [5.41, 5.74) is 0.647. The van der Waals surface area contributed by atoms with Gasteiger partial charge in [0.1, 0.15) is 5.75 Å². The molecule has 0 aliphatic carbocycles. The van der Waals surface area contributed by atoms with E-state index in [4.69, 9.17) is 4.74 Å². The van der Waals surface area contributed by atoms with Crippen molar-refractivity contribution in [3.8, 4) is 5.75 Å². The minimum absolute atomic E-state index is 0.0204. The molecule has 1 aliphatic heterocycles. The topological polar surface area (TPSA) is 119 Å². The van der Waals surface area contributed by atoms with E-state index in [1.54, 1.807) is 17.0 Å². The zero-order valence-electron chi connectivity index (χ0n) is 15.1. The van der Waals surface area contributed by atoms with Gasteiger partial charge in [-0.05, 0) is 24.7 Å². The number of hydrogen-bond acceptors (Lipinski definition) is 7. The molecule has 3 rings (SSSR count). The zero-order valence-corrected chi connectivity index (χ0v) is 15.1. The number of non-ortho nitro benzene ring substituents is 2. The van der Waals surface area contributed by atoms with E-state index < -0.39 is 15.9 Å². The average molecular weight is 386 g/mol. The van der Waals surface area contributed by atoms with Crippen LogP contribution in [0.15, 0.2) is 48.5 Å². The van der Waals surface area contributed by atoms with Gasteiger partial charge in [-0.3, -0.25) is 25.1 Å². The van der Waals surface area contributed by atoms with Crippen molar-refractivity contribution in [1.82, 2.24) is 9.80 Å². The monoisotopic (exact) mass is 386 g/mol. The number of carbonyl (C=O) groups is 1. The molecule has 2 aromatic rings. The van der Waals surface area contributed by atoms with Crippen molar-refractivity contribution >= 4 is 17.5 Å². The van der Waals surface area contributed by atoms with Crippen molar-refractivity contribution in [3.63, 3.8) is 0 Å². The van der Waals surface area contributed by atoms with E-state index in [1.165, 1.54) is 36.4 Å². The van der Waals surface area contributed by atoms with Crippen LogP contribution in [0.5, 0.6) is 5.75 Å². The molecule has 1 aliphatic rings. The number of likely N-dealkylation sites (N-methyl/N-ethyl adjacent to an activating group) is 1. The summed E-state index contributed by atoms with van der Waals surface area (Å²) < 4.78 is 5.38. The van der Waals surface area contributed by atoms with Crippen molar-refractivity contribution in [2.24, 2.45) is 0 Å². The molecule has 0 aromatic heterocycles. The first-order valence-corrected chi connectivity index (χ1v) is 8.51. The standard InChI is InChI=1S/C18H18N4O6/c1-19-10-11-20(17(12-19)13-2-4-14(5-3-13)21(24)25)18(23)28-16-8-6-15(7-9-16)22(26)27/h2-9,17H,10-12H2,1H3. The number of ether oxygens (including phenoxy) is 1. The average Bonchev–Trinajstić information content (AvgIpc) is 2.68. The Kier molecular flexibility index (Phi) is 5.50. The van der Waals surface area contributed by atoms with Crippen molar-refractivity contribution in [2.45, 2.75) is 6.04 Å². The normalized spacial score (nSPS) is 17.2. The van der Waals surface area contributed by atoms with E-state index in [0.717, 1.165) is 5.56 Å². The number of amides is 1. The first-order valence-electron chi connectivity index (χ1n) is 8.51. The Labute approximate surface area is 160 Å². The van der Waals surface area contributed by atoms with Crippen molar-refractivity contribution < 1.29 is 19.4 Å². The third-order valence-corrected chi connectivity index (χ3v) is 4.56. The molecule has 0 saturated carbocycles. The quantitative estimate of drug-likeness (QED) is 0.585. The number of nitrogens with zero attached hydrogens (tertiary/aromatic N) is 4. The lowest BCUT2D eigenvalue weighted by Gasteiger charge is -2.39.